The molecule has 5 nitrogen and oxygen atoms in total. The minimum Gasteiger partial charge on any atom is -0.506 e. The van der Waals surface area contributed by atoms with Crippen molar-refractivity contribution in [2.75, 3.05) is 6.61 Å². The van der Waals surface area contributed by atoms with Crippen LogP contribution in [0.1, 0.15) is 35.7 Å². The van der Waals surface area contributed by atoms with E-state index in [1.54, 1.807) is 6.21 Å². The number of benzene rings is 3. The van der Waals surface area contributed by atoms with E-state index in [9.17, 15) is 9.90 Å². The van der Waals surface area contributed by atoms with Crippen molar-refractivity contribution < 1.29 is 14.6 Å². The molecule has 3 aromatic rings. The van der Waals surface area contributed by atoms with Gasteiger partial charge in [0.25, 0.3) is 5.91 Å². The molecule has 7 heteroatoms. The van der Waals surface area contributed by atoms with E-state index in [-0.39, 0.29) is 5.75 Å². The summed E-state index contributed by atoms with van der Waals surface area (Å²) in [5.41, 5.74) is 3.70. The Hall–Kier alpha value is -2.38. The van der Waals surface area contributed by atoms with E-state index in [0.29, 0.717) is 21.1 Å². The van der Waals surface area contributed by atoms with Crippen LogP contribution in [0.25, 0.3) is 10.8 Å². The minimum atomic E-state index is -0.392. The van der Waals surface area contributed by atoms with Gasteiger partial charge < -0.3 is 9.84 Å². The Balaban J connectivity index is 1.85. The van der Waals surface area contributed by atoms with Gasteiger partial charge in [-0.2, -0.15) is 5.10 Å². The van der Waals surface area contributed by atoms with E-state index in [2.05, 4.69) is 49.3 Å². The van der Waals surface area contributed by atoms with Gasteiger partial charge in [-0.05, 0) is 67.3 Å². The number of phenolic OH excluding ortho intramolecular Hbond substituents is 1. The van der Waals surface area contributed by atoms with E-state index >= 15 is 0 Å². The fraction of sp³-hybridized carbons (Fsp3) is 0.182. The highest BCUT2D eigenvalue weighted by molar-refractivity contribution is 9.11. The Morgan fingerprint density at radius 2 is 1.90 bits per heavy atom. The molecule has 150 valence electrons. The van der Waals surface area contributed by atoms with Gasteiger partial charge >= 0.3 is 0 Å². The van der Waals surface area contributed by atoms with Crippen LogP contribution in [-0.4, -0.2) is 23.8 Å². The molecule has 0 aromatic heterocycles. The molecule has 29 heavy (non-hydrogen) atoms. The molecular formula is C22H20Br2N2O3. The van der Waals surface area contributed by atoms with Crippen LogP contribution in [0.2, 0.25) is 0 Å². The molecule has 3 aromatic carbocycles. The number of carbonyl (C=O) groups is 1. The molecule has 3 rings (SSSR count). The summed E-state index contributed by atoms with van der Waals surface area (Å²) in [5, 5.41) is 16.0. The summed E-state index contributed by atoms with van der Waals surface area (Å²) in [6, 6.07) is 15.0. The van der Waals surface area contributed by atoms with Gasteiger partial charge in [-0.15, -0.1) is 0 Å². The molecule has 0 aliphatic carbocycles. The molecular weight excluding hydrogens is 500 g/mol. The predicted octanol–water partition coefficient (Wildman–Crippen LogP) is 6.01. The van der Waals surface area contributed by atoms with Gasteiger partial charge in [-0.3, -0.25) is 4.79 Å². The van der Waals surface area contributed by atoms with Crippen LogP contribution in [-0.2, 0) is 0 Å². The van der Waals surface area contributed by atoms with Crippen molar-refractivity contribution in [2.45, 2.75) is 19.8 Å². The van der Waals surface area contributed by atoms with Crippen molar-refractivity contribution in [3.63, 3.8) is 0 Å². The first kappa shape index (κ1) is 21.3. The van der Waals surface area contributed by atoms with Crippen LogP contribution in [0, 0.1) is 0 Å². The molecule has 0 saturated heterocycles. The summed E-state index contributed by atoms with van der Waals surface area (Å²) in [5.74, 6) is 0.372. The van der Waals surface area contributed by atoms with E-state index in [4.69, 9.17) is 4.74 Å². The normalized spacial score (nSPS) is 11.1. The first-order valence-corrected chi connectivity index (χ1v) is 10.8. The Labute approximate surface area is 186 Å². The third-order valence-corrected chi connectivity index (χ3v) is 5.53. The van der Waals surface area contributed by atoms with Crippen molar-refractivity contribution in [1.82, 2.24) is 5.43 Å². The number of carbonyl (C=O) groups excluding carboxylic acids is 1. The number of ether oxygens (including phenoxy) is 1. The number of nitrogens with zero attached hydrogens (tertiary/aromatic N) is 1. The summed E-state index contributed by atoms with van der Waals surface area (Å²) < 4.78 is 6.76. The fourth-order valence-electron chi connectivity index (χ4n) is 2.78. The van der Waals surface area contributed by atoms with E-state index < -0.39 is 5.91 Å². The van der Waals surface area contributed by atoms with Gasteiger partial charge in [0.15, 0.2) is 0 Å². The smallest absolute Gasteiger partial charge is 0.271 e. The maximum atomic E-state index is 12.4. The van der Waals surface area contributed by atoms with Gasteiger partial charge in [0.05, 0.1) is 21.8 Å². The average Bonchev–Trinajstić information content (AvgIpc) is 2.72. The Kier molecular flexibility index (Phi) is 7.28. The van der Waals surface area contributed by atoms with E-state index in [1.165, 1.54) is 12.1 Å². The lowest BCUT2D eigenvalue weighted by Crippen LogP contribution is -2.17. The molecule has 0 bridgehead atoms. The van der Waals surface area contributed by atoms with Gasteiger partial charge in [0, 0.05) is 11.1 Å². The highest BCUT2D eigenvalue weighted by Crippen LogP contribution is 2.33. The fourth-order valence-corrected chi connectivity index (χ4v) is 3.96. The molecule has 0 fully saturated rings. The number of hydrogen-bond donors (Lipinski definition) is 2. The van der Waals surface area contributed by atoms with Gasteiger partial charge in [0.2, 0.25) is 0 Å². The van der Waals surface area contributed by atoms with Gasteiger partial charge in [-0.25, -0.2) is 5.43 Å². The summed E-state index contributed by atoms with van der Waals surface area (Å²) in [7, 11) is 0. The number of halogens is 2. The zero-order valence-electron chi connectivity index (χ0n) is 15.8. The van der Waals surface area contributed by atoms with Gasteiger partial charge in [-0.1, -0.05) is 43.7 Å². The number of hydrogen-bond acceptors (Lipinski definition) is 4. The molecule has 0 heterocycles. The van der Waals surface area contributed by atoms with Crippen molar-refractivity contribution in [2.24, 2.45) is 5.10 Å². The third-order valence-electron chi connectivity index (χ3n) is 4.32. The number of aromatic hydroxyl groups is 1. The molecule has 2 N–H and O–H groups in total. The number of unbranched alkanes of at least 4 members (excludes halogenated alkanes) is 1. The Morgan fingerprint density at radius 1 is 1.17 bits per heavy atom. The monoisotopic (exact) mass is 518 g/mol. The number of phenols is 1. The summed E-state index contributed by atoms with van der Waals surface area (Å²) in [6.45, 7) is 2.74. The maximum Gasteiger partial charge on any atom is 0.271 e. The number of rotatable bonds is 7. The standard InChI is InChI=1S/C22H20Br2N2O3/c1-2-3-10-29-20-9-8-14-6-4-5-7-16(14)17(20)13-25-26-22(28)15-11-18(23)21(27)19(24)12-15/h4-9,11-13,27H,2-3,10H2,1H3,(H,26,28)/b25-13-. The van der Waals surface area contributed by atoms with Crippen LogP contribution >= 0.6 is 31.9 Å². The summed E-state index contributed by atoms with van der Waals surface area (Å²) in [6.07, 6.45) is 3.61. The number of fused-ring (bicyclic) bond motifs is 1. The van der Waals surface area contributed by atoms with Crippen molar-refractivity contribution in [1.29, 1.82) is 0 Å². The quantitative estimate of drug-likeness (QED) is 0.228. The highest BCUT2D eigenvalue weighted by Gasteiger charge is 2.12. The summed E-state index contributed by atoms with van der Waals surface area (Å²) >= 11 is 6.44. The number of hydrazone groups is 1. The molecule has 0 radical (unpaired) electrons. The largest absolute Gasteiger partial charge is 0.506 e. The second kappa shape index (κ2) is 9.89. The molecule has 0 saturated carbocycles. The lowest BCUT2D eigenvalue weighted by atomic mass is 10.0. The zero-order valence-corrected chi connectivity index (χ0v) is 19.0. The van der Waals surface area contributed by atoms with Crippen molar-refractivity contribution in [3.8, 4) is 11.5 Å². The Morgan fingerprint density at radius 3 is 2.62 bits per heavy atom. The molecule has 0 aliphatic rings. The lowest BCUT2D eigenvalue weighted by molar-refractivity contribution is 0.0955. The van der Waals surface area contributed by atoms with Crippen molar-refractivity contribution >= 4 is 54.8 Å². The number of amides is 1. The van der Waals surface area contributed by atoms with Crippen LogP contribution in [0.4, 0.5) is 0 Å². The van der Waals surface area contributed by atoms with Crippen LogP contribution in [0.5, 0.6) is 11.5 Å². The van der Waals surface area contributed by atoms with E-state index in [1.807, 2.05) is 36.4 Å². The van der Waals surface area contributed by atoms with Crippen LogP contribution in [0.3, 0.4) is 0 Å². The summed E-state index contributed by atoms with van der Waals surface area (Å²) in [4.78, 5) is 12.4. The predicted molar refractivity (Wildman–Crippen MR) is 123 cm³/mol. The zero-order chi connectivity index (χ0) is 20.8. The first-order valence-electron chi connectivity index (χ1n) is 9.17. The van der Waals surface area contributed by atoms with Crippen LogP contribution in [0.15, 0.2) is 62.6 Å². The SMILES string of the molecule is CCCCOc1ccc2ccccc2c1/C=N\NC(=O)c1cc(Br)c(O)c(Br)c1. The highest BCUT2D eigenvalue weighted by atomic mass is 79.9. The lowest BCUT2D eigenvalue weighted by Gasteiger charge is -2.11. The maximum absolute atomic E-state index is 12.4. The second-order valence-corrected chi connectivity index (χ2v) is 8.10. The van der Waals surface area contributed by atoms with Crippen molar-refractivity contribution in [3.05, 3.63) is 68.6 Å². The second-order valence-electron chi connectivity index (χ2n) is 6.39. The molecule has 0 unspecified atom stereocenters. The van der Waals surface area contributed by atoms with Crippen LogP contribution < -0.4 is 10.2 Å². The minimum absolute atomic E-state index is 0.0367. The molecule has 0 spiro atoms. The molecule has 0 aliphatic heterocycles. The molecule has 1 amide bonds. The Bertz CT molecular complexity index is 1040. The van der Waals surface area contributed by atoms with E-state index in [0.717, 1.165) is 34.9 Å². The third kappa shape index (κ3) is 5.16. The first-order chi connectivity index (χ1) is 14.0. The molecule has 0 atom stereocenters. The topological polar surface area (TPSA) is 70.9 Å². The van der Waals surface area contributed by atoms with Gasteiger partial charge in [0.1, 0.15) is 11.5 Å². The average molecular weight is 520 g/mol. The number of nitrogens with one attached hydrogen (secondary N) is 1.